The number of H-pyrrole nitrogens is 1. The molecule has 0 saturated carbocycles. The number of fused-ring (bicyclic) bond motifs is 4. The van der Waals surface area contributed by atoms with Crippen LogP contribution in [0.15, 0.2) is 94.2 Å². The second-order valence-electron chi connectivity index (χ2n) is 14.7. The maximum Gasteiger partial charge on any atom is 1.00 e. The number of carbonyl (C=O) groups is 3. The fraction of sp³-hybridized carbons (Fsp3) is 0.298. The quantitative estimate of drug-likeness (QED) is 0.0312. The summed E-state index contributed by atoms with van der Waals surface area (Å²) < 4.78 is 102. The van der Waals surface area contributed by atoms with Gasteiger partial charge >= 0.3 is 156 Å². The van der Waals surface area contributed by atoms with Gasteiger partial charge in [-0.1, -0.05) is 52.9 Å². The molecule has 0 spiro atoms. The Bertz CT molecular complexity index is 2940. The summed E-state index contributed by atoms with van der Waals surface area (Å²) in [4.78, 5) is 35.7. The van der Waals surface area contributed by atoms with E-state index in [1.807, 2.05) is 44.3 Å². The van der Waals surface area contributed by atoms with Crippen molar-refractivity contribution >= 4 is 78.4 Å². The predicted octanol–water partition coefficient (Wildman–Crippen LogP) is 5.42. The molecule has 364 valence electrons. The van der Waals surface area contributed by atoms with Gasteiger partial charge in [-0.15, -0.1) is 0 Å². The second-order valence-corrected chi connectivity index (χ2v) is 15.5. The van der Waals surface area contributed by atoms with Gasteiger partial charge in [-0.2, -0.15) is 26.3 Å². The van der Waals surface area contributed by atoms with E-state index in [1.165, 1.54) is 12.1 Å². The Morgan fingerprint density at radius 3 is 1.84 bits per heavy atom. The maximum atomic E-state index is 13.1. The van der Waals surface area contributed by atoms with Crippen LogP contribution in [-0.2, 0) is 41.4 Å². The largest absolute Gasteiger partial charge is 1.00 e. The molecule has 0 aliphatic rings. The molecule has 0 radical (unpaired) electrons. The van der Waals surface area contributed by atoms with E-state index in [0.717, 1.165) is 52.7 Å². The van der Waals surface area contributed by atoms with Gasteiger partial charge in [-0.25, -0.2) is 4.79 Å². The smallest absolute Gasteiger partial charge is 1.00 e. The average molecular weight is 1290 g/mol. The fourth-order valence-corrected chi connectivity index (χ4v) is 7.29. The third kappa shape index (κ3) is 16.6. The zero-order valence-corrected chi connectivity index (χ0v) is 52.6. The van der Waals surface area contributed by atoms with E-state index in [2.05, 4.69) is 40.7 Å². The number of benzene rings is 4. The van der Waals surface area contributed by atoms with E-state index in [4.69, 9.17) is 33.7 Å². The van der Waals surface area contributed by atoms with Crippen LogP contribution in [0, 0.1) is 0 Å². The summed E-state index contributed by atoms with van der Waals surface area (Å²) in [5.74, 6) is 0.195. The van der Waals surface area contributed by atoms with E-state index >= 15 is 0 Å². The fourth-order valence-electron chi connectivity index (χ4n) is 7.06. The molecule has 70 heavy (non-hydrogen) atoms. The van der Waals surface area contributed by atoms with Crippen LogP contribution in [0.4, 0.5) is 26.3 Å². The average Bonchev–Trinajstić information content (AvgIpc) is 4.15. The Hall–Kier alpha value is -2.77. The number of aromatic nitrogens is 4. The van der Waals surface area contributed by atoms with Crippen molar-refractivity contribution in [2.45, 2.75) is 71.3 Å². The number of carbonyl (C=O) groups excluding carboxylic acids is 2. The molecule has 0 unspecified atom stereocenters. The normalized spacial score (nSPS) is 11.0. The van der Waals surface area contributed by atoms with Crippen LogP contribution >= 0.6 is 15.9 Å². The van der Waals surface area contributed by atoms with Crippen molar-refractivity contribution in [3.8, 4) is 11.5 Å². The van der Waals surface area contributed by atoms with Gasteiger partial charge in [-0.3, -0.25) is 9.59 Å². The van der Waals surface area contributed by atoms with Crippen molar-refractivity contribution in [2.75, 3.05) is 18.5 Å². The molecule has 4 heterocycles. The zero-order chi connectivity index (χ0) is 49.4. The Morgan fingerprint density at radius 1 is 0.800 bits per heavy atom. The molecule has 0 bridgehead atoms. The van der Waals surface area contributed by atoms with Crippen molar-refractivity contribution in [3.05, 3.63) is 119 Å². The number of hydrogen-bond acceptors (Lipinski definition) is 11. The molecular formula is C47H45BrCs2F6N4O10. The van der Waals surface area contributed by atoms with E-state index in [-0.39, 0.29) is 168 Å². The number of halogens is 7. The molecule has 8 aromatic rings. The first-order valence-electron chi connectivity index (χ1n) is 20.9. The van der Waals surface area contributed by atoms with Gasteiger partial charge in [0.25, 0.3) is 6.47 Å². The van der Waals surface area contributed by atoms with E-state index in [0.29, 0.717) is 72.8 Å². The van der Waals surface area contributed by atoms with Crippen molar-refractivity contribution in [3.63, 3.8) is 0 Å². The Morgan fingerprint density at radius 2 is 1.36 bits per heavy atom. The van der Waals surface area contributed by atoms with Gasteiger partial charge in [-0.05, 0) is 98.5 Å². The molecule has 14 nitrogen and oxygen atoms in total. The van der Waals surface area contributed by atoms with E-state index in [9.17, 15) is 35.9 Å². The van der Waals surface area contributed by atoms with Crippen molar-refractivity contribution in [1.82, 2.24) is 19.9 Å². The summed E-state index contributed by atoms with van der Waals surface area (Å²) in [5, 5.41) is 26.2. The first-order chi connectivity index (χ1) is 32.6. The molecule has 0 aliphatic heterocycles. The van der Waals surface area contributed by atoms with Crippen LogP contribution in [0.3, 0.4) is 0 Å². The van der Waals surface area contributed by atoms with Crippen LogP contribution in [0.2, 0.25) is 0 Å². The van der Waals surface area contributed by atoms with Crippen molar-refractivity contribution in [2.24, 2.45) is 0 Å². The molecule has 23 heteroatoms. The number of rotatable bonds is 16. The predicted molar refractivity (Wildman–Crippen MR) is 241 cm³/mol. The number of aryl methyl sites for hydroxylation is 3. The maximum absolute atomic E-state index is 13.1. The second kappa shape index (κ2) is 29.8. The van der Waals surface area contributed by atoms with Crippen LogP contribution in [0.5, 0.6) is 11.5 Å². The number of aromatic carboxylic acids is 1. The van der Waals surface area contributed by atoms with Crippen LogP contribution in [0.25, 0.3) is 43.7 Å². The van der Waals surface area contributed by atoms with Gasteiger partial charge in [0.1, 0.15) is 17.8 Å². The third-order valence-corrected chi connectivity index (χ3v) is 10.6. The SMILES string of the molecule is CCCc1c(OCCCBr)ccc2c(C(F)(F)F)noc12.CCCc1c(OCCCn2ccc3cc(C=O)ccc32)ccc2c(C(F)(F)F)noc12.O=C(O)c1ccc2[nH]ccc2c1.O=CO[O-].[Cs+].[Cs+].[H-]. The molecule has 0 atom stereocenters. The number of aromatic amines is 1. The van der Waals surface area contributed by atoms with E-state index in [1.54, 1.807) is 42.6 Å². The van der Waals surface area contributed by atoms with Gasteiger partial charge in [0.05, 0.1) is 29.5 Å². The summed E-state index contributed by atoms with van der Waals surface area (Å²) >= 11 is 3.30. The minimum absolute atomic E-state index is 0. The van der Waals surface area contributed by atoms with Crippen LogP contribution in [-0.4, -0.2) is 62.2 Å². The summed E-state index contributed by atoms with van der Waals surface area (Å²) in [6.07, 6.45) is -0.393. The Kier molecular flexibility index (Phi) is 26.2. The number of nitrogens with one attached hydrogen (secondary N) is 1. The first-order valence-corrected chi connectivity index (χ1v) is 22.1. The third-order valence-electron chi connectivity index (χ3n) is 10.0. The summed E-state index contributed by atoms with van der Waals surface area (Å²) in [6.45, 7) is 5.30. The minimum atomic E-state index is -4.57. The van der Waals surface area contributed by atoms with Crippen molar-refractivity contribution < 1.29 is 214 Å². The minimum Gasteiger partial charge on any atom is -1.00 e. The van der Waals surface area contributed by atoms with E-state index < -0.39 is 29.7 Å². The molecule has 4 aromatic carbocycles. The standard InChI is InChI=1S/C23H21F3N2O3.C14H15BrF3NO2.C9H7NO2.CH2O3.2Cs.H/c1-2-4-17-20(8-6-18-21(17)31-27-22(18)23(24,25)26)30-12-3-10-28-11-9-16-13-15(14-29)5-7-19(16)28;1-2-4-9-11(20-8-3-7-15)6-5-10-12(9)21-19-13(10)14(16,17)18;11-9(12)7-1-2-8-6(5-7)3-4-10-8;2-1-4-3;;;/h5-9,11,13-14H,2-4,10,12H2,1H3;5-6H,2-4,7-8H2,1H3;1-5,10H,(H,11,12);1,3H;;;/q;;;;2*+1;-1/p-1. The van der Waals surface area contributed by atoms with Gasteiger partial charge in [0.15, 0.2) is 22.6 Å². The molecule has 2 N–H and O–H groups in total. The van der Waals surface area contributed by atoms with Crippen LogP contribution in [0.1, 0.15) is 84.2 Å². The van der Waals surface area contributed by atoms with Crippen molar-refractivity contribution in [1.29, 1.82) is 0 Å². The molecule has 0 amide bonds. The van der Waals surface area contributed by atoms with Gasteiger partial charge in [0, 0.05) is 62.8 Å². The summed E-state index contributed by atoms with van der Waals surface area (Å²) in [5.41, 5.74) is 2.50. The topological polar surface area (TPSA) is 195 Å². The molecule has 8 rings (SSSR count). The molecular weight excluding hydrogens is 1240 g/mol. The molecule has 0 saturated heterocycles. The Labute approximate surface area is 523 Å². The zero-order valence-electron chi connectivity index (χ0n) is 39.4. The van der Waals surface area contributed by atoms with Crippen LogP contribution < -0.4 is 153 Å². The number of aldehydes is 1. The number of ether oxygens (including phenoxy) is 2. The number of carboxylic acids is 1. The first kappa shape index (κ1) is 61.5. The summed E-state index contributed by atoms with van der Waals surface area (Å²) in [7, 11) is 0. The van der Waals surface area contributed by atoms with Gasteiger partial charge < -0.3 is 44.7 Å². The van der Waals surface area contributed by atoms with Gasteiger partial charge in [0.2, 0.25) is 0 Å². The monoisotopic (exact) mass is 1280 g/mol. The molecule has 4 aromatic heterocycles. The molecule has 0 aliphatic carbocycles. The molecule has 0 fully saturated rings. The summed E-state index contributed by atoms with van der Waals surface area (Å²) in [6, 6.07) is 20.2. The number of nitrogens with zero attached hydrogens (tertiary/aromatic N) is 3. The number of hydrogen-bond donors (Lipinski definition) is 2. The number of alkyl halides is 7. The number of carboxylic acid groups (broad SMARTS) is 1. The Balaban J connectivity index is 0.000000373.